The van der Waals surface area contributed by atoms with Gasteiger partial charge in [-0.15, -0.1) is 0 Å². The lowest BCUT2D eigenvalue weighted by atomic mass is 10.1. The van der Waals surface area contributed by atoms with Gasteiger partial charge in [-0.1, -0.05) is 43.5 Å². The van der Waals surface area contributed by atoms with Gasteiger partial charge in [0.25, 0.3) is 5.91 Å². The van der Waals surface area contributed by atoms with E-state index < -0.39 is 11.9 Å². The summed E-state index contributed by atoms with van der Waals surface area (Å²) in [5.41, 5.74) is 0.443. The number of aromatic carboxylic acids is 1. The van der Waals surface area contributed by atoms with Gasteiger partial charge >= 0.3 is 5.97 Å². The van der Waals surface area contributed by atoms with Crippen LogP contribution in [0.1, 0.15) is 20.7 Å². The van der Waals surface area contributed by atoms with Crippen molar-refractivity contribution in [3.05, 3.63) is 61.5 Å². The molecule has 0 fully saturated rings. The molecule has 7 heteroatoms. The van der Waals surface area contributed by atoms with Gasteiger partial charge < -0.3 is 10.4 Å². The Kier molecular flexibility index (Phi) is 5.03. The maximum atomic E-state index is 12.2. The first-order chi connectivity index (χ1) is 9.88. The number of carboxylic acids is 1. The van der Waals surface area contributed by atoms with E-state index in [2.05, 4.69) is 37.2 Å². The summed E-state index contributed by atoms with van der Waals surface area (Å²) in [6.07, 6.45) is 0. The molecule has 2 aromatic carbocycles. The Labute approximate surface area is 142 Å². The van der Waals surface area contributed by atoms with Crippen molar-refractivity contribution in [3.63, 3.8) is 0 Å². The summed E-state index contributed by atoms with van der Waals surface area (Å²) in [7, 11) is 0. The zero-order valence-electron chi connectivity index (χ0n) is 10.4. The van der Waals surface area contributed by atoms with Crippen molar-refractivity contribution in [2.24, 2.45) is 0 Å². The van der Waals surface area contributed by atoms with Gasteiger partial charge in [0.1, 0.15) is 0 Å². The Hall–Kier alpha value is -1.37. The van der Waals surface area contributed by atoms with Crippen LogP contribution < -0.4 is 5.32 Å². The summed E-state index contributed by atoms with van der Waals surface area (Å²) >= 11 is 12.5. The second kappa shape index (κ2) is 6.60. The molecular formula is C14H8Br2ClNO3. The molecule has 0 spiro atoms. The molecule has 1 amide bonds. The molecule has 0 saturated carbocycles. The van der Waals surface area contributed by atoms with Crippen molar-refractivity contribution in [1.29, 1.82) is 0 Å². The minimum Gasteiger partial charge on any atom is -0.478 e. The summed E-state index contributed by atoms with van der Waals surface area (Å²) in [5.74, 6) is -1.61. The molecule has 2 N–H and O–H groups in total. The van der Waals surface area contributed by atoms with E-state index in [-0.39, 0.29) is 21.8 Å². The van der Waals surface area contributed by atoms with Crippen LogP contribution in [-0.2, 0) is 0 Å². The molecule has 0 aliphatic rings. The molecular weight excluding hydrogens is 425 g/mol. The van der Waals surface area contributed by atoms with Crippen LogP contribution in [-0.4, -0.2) is 17.0 Å². The van der Waals surface area contributed by atoms with Gasteiger partial charge in [-0.3, -0.25) is 4.79 Å². The van der Waals surface area contributed by atoms with Gasteiger partial charge in [0.15, 0.2) is 0 Å². The van der Waals surface area contributed by atoms with Crippen molar-refractivity contribution in [3.8, 4) is 0 Å². The number of anilines is 1. The number of hydrogen-bond donors (Lipinski definition) is 2. The minimum absolute atomic E-state index is 0.00216. The highest BCUT2D eigenvalue weighted by molar-refractivity contribution is 9.10. The summed E-state index contributed by atoms with van der Waals surface area (Å²) in [5, 5.41) is 12.0. The number of carboxylic acid groups (broad SMARTS) is 1. The number of carbonyl (C=O) groups is 2. The predicted octanol–water partition coefficient (Wildman–Crippen LogP) is 4.82. The van der Waals surface area contributed by atoms with Crippen LogP contribution in [0, 0.1) is 0 Å². The normalized spacial score (nSPS) is 10.2. The second-order valence-corrected chi connectivity index (χ2v) is 6.31. The first-order valence-corrected chi connectivity index (χ1v) is 7.64. The van der Waals surface area contributed by atoms with Crippen molar-refractivity contribution in [2.75, 3.05) is 5.32 Å². The van der Waals surface area contributed by atoms with Crippen LogP contribution in [0.2, 0.25) is 5.02 Å². The predicted molar refractivity (Wildman–Crippen MR) is 88.2 cm³/mol. The number of rotatable bonds is 3. The summed E-state index contributed by atoms with van der Waals surface area (Å²) in [4.78, 5) is 23.4. The molecule has 0 aliphatic carbocycles. The maximum Gasteiger partial charge on any atom is 0.337 e. The van der Waals surface area contributed by atoms with E-state index in [9.17, 15) is 9.59 Å². The van der Waals surface area contributed by atoms with Crippen LogP contribution in [0.5, 0.6) is 0 Å². The lowest BCUT2D eigenvalue weighted by Crippen LogP contribution is -2.15. The van der Waals surface area contributed by atoms with E-state index in [1.54, 1.807) is 24.3 Å². The Balaban J connectivity index is 2.38. The van der Waals surface area contributed by atoms with Gasteiger partial charge in [-0.2, -0.15) is 0 Å². The van der Waals surface area contributed by atoms with E-state index in [1.165, 1.54) is 12.1 Å². The quantitative estimate of drug-likeness (QED) is 0.730. The minimum atomic E-state index is -1.13. The third kappa shape index (κ3) is 3.84. The largest absolute Gasteiger partial charge is 0.478 e. The molecule has 0 aromatic heterocycles. The van der Waals surface area contributed by atoms with E-state index in [0.29, 0.717) is 8.95 Å². The van der Waals surface area contributed by atoms with Crippen LogP contribution in [0.15, 0.2) is 45.3 Å². The molecule has 21 heavy (non-hydrogen) atoms. The molecule has 108 valence electrons. The van der Waals surface area contributed by atoms with Gasteiger partial charge in [0.2, 0.25) is 0 Å². The number of halogens is 3. The third-order valence-corrected chi connectivity index (χ3v) is 3.95. The third-order valence-electron chi connectivity index (χ3n) is 2.63. The number of amides is 1. The number of benzene rings is 2. The topological polar surface area (TPSA) is 66.4 Å². The monoisotopic (exact) mass is 431 g/mol. The van der Waals surface area contributed by atoms with Crippen molar-refractivity contribution in [1.82, 2.24) is 0 Å². The van der Waals surface area contributed by atoms with Gasteiger partial charge in [0, 0.05) is 8.95 Å². The molecule has 0 aliphatic heterocycles. The van der Waals surface area contributed by atoms with Gasteiger partial charge in [-0.05, 0) is 36.4 Å². The van der Waals surface area contributed by atoms with Crippen LogP contribution in [0.4, 0.5) is 5.69 Å². The zero-order valence-corrected chi connectivity index (χ0v) is 14.3. The highest BCUT2D eigenvalue weighted by Crippen LogP contribution is 2.25. The molecule has 0 unspecified atom stereocenters. The molecule has 0 heterocycles. The van der Waals surface area contributed by atoms with Crippen molar-refractivity contribution < 1.29 is 14.7 Å². The van der Waals surface area contributed by atoms with Crippen molar-refractivity contribution >= 4 is 61.0 Å². The standard InChI is InChI=1S/C14H8Br2ClNO3/c15-7-2-4-11(17)10(5-7)13(19)18-12-6-8(16)1-3-9(12)14(20)21/h1-6H,(H,18,19)(H,20,21). The van der Waals surface area contributed by atoms with E-state index in [1.807, 2.05) is 0 Å². The first-order valence-electron chi connectivity index (χ1n) is 5.67. The van der Waals surface area contributed by atoms with E-state index >= 15 is 0 Å². The average Bonchev–Trinajstić information content (AvgIpc) is 2.41. The number of carbonyl (C=O) groups excluding carboxylic acids is 1. The fraction of sp³-hybridized carbons (Fsp3) is 0. The molecule has 0 saturated heterocycles. The molecule has 0 bridgehead atoms. The molecule has 0 radical (unpaired) electrons. The molecule has 2 aromatic rings. The van der Waals surface area contributed by atoms with Gasteiger partial charge in [-0.25, -0.2) is 4.79 Å². The highest BCUT2D eigenvalue weighted by atomic mass is 79.9. The van der Waals surface area contributed by atoms with Crippen LogP contribution in [0.3, 0.4) is 0 Å². The Morgan fingerprint density at radius 1 is 1.00 bits per heavy atom. The smallest absolute Gasteiger partial charge is 0.337 e. The molecule has 2 rings (SSSR count). The first kappa shape index (κ1) is 16.0. The summed E-state index contributed by atoms with van der Waals surface area (Å²) < 4.78 is 1.35. The van der Waals surface area contributed by atoms with Crippen LogP contribution >= 0.6 is 43.5 Å². The van der Waals surface area contributed by atoms with Crippen molar-refractivity contribution in [2.45, 2.75) is 0 Å². The van der Waals surface area contributed by atoms with E-state index in [4.69, 9.17) is 16.7 Å². The lowest BCUT2D eigenvalue weighted by molar-refractivity contribution is 0.0698. The Bertz CT molecular complexity index is 734. The molecule has 0 atom stereocenters. The average molecular weight is 433 g/mol. The highest BCUT2D eigenvalue weighted by Gasteiger charge is 2.16. The fourth-order valence-electron chi connectivity index (χ4n) is 1.67. The summed E-state index contributed by atoms with van der Waals surface area (Å²) in [6.45, 7) is 0. The van der Waals surface area contributed by atoms with Gasteiger partial charge in [0.05, 0.1) is 21.8 Å². The number of nitrogens with one attached hydrogen (secondary N) is 1. The lowest BCUT2D eigenvalue weighted by Gasteiger charge is -2.10. The summed E-state index contributed by atoms with van der Waals surface area (Å²) in [6, 6.07) is 9.37. The number of hydrogen-bond acceptors (Lipinski definition) is 2. The van der Waals surface area contributed by atoms with E-state index in [0.717, 1.165) is 0 Å². The fourth-order valence-corrected chi connectivity index (χ4v) is 2.59. The zero-order chi connectivity index (χ0) is 15.6. The maximum absolute atomic E-state index is 12.2. The molecule has 4 nitrogen and oxygen atoms in total. The second-order valence-electron chi connectivity index (χ2n) is 4.07. The Morgan fingerprint density at radius 3 is 2.29 bits per heavy atom. The Morgan fingerprint density at radius 2 is 1.62 bits per heavy atom. The van der Waals surface area contributed by atoms with Crippen LogP contribution in [0.25, 0.3) is 0 Å². The SMILES string of the molecule is O=C(Nc1cc(Br)ccc1C(=O)O)c1cc(Br)ccc1Cl.